The quantitative estimate of drug-likeness (QED) is 0.489. The van der Waals surface area contributed by atoms with Crippen LogP contribution < -0.4 is 5.43 Å². The Bertz CT molecular complexity index is 419. The molecule has 1 saturated heterocycles. The maximum Gasteiger partial charge on any atom is 0.360 e. The first-order valence-corrected chi connectivity index (χ1v) is 7.17. The predicted octanol–water partition coefficient (Wildman–Crippen LogP) is 2.27. The first kappa shape index (κ1) is 17.8. The van der Waals surface area contributed by atoms with Crippen LogP contribution in [0.25, 0.3) is 0 Å². The summed E-state index contributed by atoms with van der Waals surface area (Å²) in [6, 6.07) is -0.738. The molecule has 1 heterocycles. The summed E-state index contributed by atoms with van der Waals surface area (Å²) in [6.45, 7) is 7.30. The summed E-state index contributed by atoms with van der Waals surface area (Å²) in [5.41, 5.74) is 1.76. The smallest absolute Gasteiger partial charge is 0.245 e. The molecule has 1 N–H and O–H groups in total. The number of amides is 2. The number of nitrogens with one attached hydrogen (secondary N) is 1. The largest absolute Gasteiger partial charge is 0.360 e. The van der Waals surface area contributed by atoms with E-state index in [1.807, 2.05) is 27.7 Å². The van der Waals surface area contributed by atoms with Crippen LogP contribution in [0.3, 0.4) is 0 Å². The van der Waals surface area contributed by atoms with Gasteiger partial charge in [0.2, 0.25) is 0 Å². The number of hydrogen-bond acceptors (Lipinski definition) is 5. The van der Waals surface area contributed by atoms with Gasteiger partial charge in [0.05, 0.1) is 11.8 Å². The van der Waals surface area contributed by atoms with E-state index in [1.165, 1.54) is 0 Å². The van der Waals surface area contributed by atoms with E-state index < -0.39 is 17.1 Å². The molecule has 1 radical (unpaired) electrons. The topological polar surface area (TPSA) is 97.3 Å². The zero-order valence-electron chi connectivity index (χ0n) is 12.7. The Morgan fingerprint density at radius 2 is 1.86 bits per heavy atom. The number of rotatable bonds is 4. The van der Waals surface area contributed by atoms with Gasteiger partial charge in [0.1, 0.15) is 0 Å². The van der Waals surface area contributed by atoms with E-state index in [0.29, 0.717) is 23.6 Å². The molecule has 1 fully saturated rings. The van der Waals surface area contributed by atoms with E-state index in [9.17, 15) is 14.9 Å². The average molecular weight is 319 g/mol. The zero-order chi connectivity index (χ0) is 16.3. The predicted molar refractivity (Wildman–Crippen MR) is 79.1 cm³/mol. The maximum absolute atomic E-state index is 12.2. The monoisotopic (exact) mass is 318 g/mol. The summed E-state index contributed by atoms with van der Waals surface area (Å²) in [4.78, 5) is 22.2. The summed E-state index contributed by atoms with van der Waals surface area (Å²) in [5, 5.41) is 20.5. The van der Waals surface area contributed by atoms with Crippen molar-refractivity contribution in [2.24, 2.45) is 10.4 Å². The number of carbonyl (C=O) groups is 1. The molecule has 1 aliphatic heterocycles. The fourth-order valence-corrected chi connectivity index (χ4v) is 2.71. The van der Waals surface area contributed by atoms with Gasteiger partial charge in [-0.3, -0.25) is 0 Å². The van der Waals surface area contributed by atoms with Gasteiger partial charge in [-0.15, -0.1) is 26.8 Å². The summed E-state index contributed by atoms with van der Waals surface area (Å²) in [7, 11) is 0. The molecule has 8 nitrogen and oxygen atoms in total. The van der Waals surface area contributed by atoms with E-state index >= 15 is 0 Å². The second kappa shape index (κ2) is 6.67. The molecule has 0 aliphatic carbocycles. The molecule has 0 bridgehead atoms. The van der Waals surface area contributed by atoms with Crippen LogP contribution in [0, 0.1) is 4.91 Å². The Balaban J connectivity index is 2.77. The van der Waals surface area contributed by atoms with Gasteiger partial charge >= 0.3 is 6.03 Å². The number of hydrogen-bond donors (Lipinski definition) is 1. The molecule has 0 spiro atoms. The lowest BCUT2D eigenvalue weighted by Crippen LogP contribution is -2.58. The molecule has 9 heteroatoms. The second-order valence-corrected chi connectivity index (χ2v) is 6.64. The van der Waals surface area contributed by atoms with Gasteiger partial charge in [0, 0.05) is 35.5 Å². The number of carbonyl (C=O) groups excluding carboxylic acids is 1. The van der Waals surface area contributed by atoms with Crippen molar-refractivity contribution in [2.75, 3.05) is 12.4 Å². The Kier molecular flexibility index (Phi) is 5.66. The second-order valence-electron chi connectivity index (χ2n) is 6.26. The van der Waals surface area contributed by atoms with Crippen molar-refractivity contribution in [1.82, 2.24) is 15.5 Å². The van der Waals surface area contributed by atoms with E-state index in [0.717, 1.165) is 5.06 Å². The van der Waals surface area contributed by atoms with Crippen molar-refractivity contribution >= 4 is 23.3 Å². The number of piperidine rings is 1. The molecule has 119 valence electrons. The van der Waals surface area contributed by atoms with Gasteiger partial charge in [-0.25, -0.2) is 10.2 Å². The van der Waals surface area contributed by atoms with Crippen LogP contribution in [0.15, 0.2) is 10.4 Å². The van der Waals surface area contributed by atoms with Crippen molar-refractivity contribution in [2.45, 2.75) is 51.6 Å². The first-order chi connectivity index (χ1) is 9.64. The minimum Gasteiger partial charge on any atom is -0.245 e. The van der Waals surface area contributed by atoms with E-state index in [2.05, 4.69) is 15.8 Å². The van der Waals surface area contributed by atoms with Crippen molar-refractivity contribution in [3.8, 4) is 0 Å². The normalized spacial score (nSPS) is 20.8. The number of hydroxylamine groups is 2. The molecule has 1 rings (SSSR count). The van der Waals surface area contributed by atoms with Crippen LogP contribution >= 0.6 is 11.6 Å². The third kappa shape index (κ3) is 4.36. The van der Waals surface area contributed by atoms with Crippen molar-refractivity contribution < 1.29 is 10.0 Å². The van der Waals surface area contributed by atoms with Crippen molar-refractivity contribution in [1.29, 1.82) is 0 Å². The third-order valence-corrected chi connectivity index (χ3v) is 3.48. The summed E-state index contributed by atoms with van der Waals surface area (Å²) in [5.74, 6) is 0.0982. The Hall–Kier alpha value is -1.25. The molecule has 0 unspecified atom stereocenters. The highest BCUT2D eigenvalue weighted by molar-refractivity contribution is 6.18. The molecular weight excluding hydrogens is 298 g/mol. The highest BCUT2D eigenvalue weighted by atomic mass is 35.5. The summed E-state index contributed by atoms with van der Waals surface area (Å²) < 4.78 is 0. The number of urea groups is 1. The number of hydrazone groups is 1. The minimum absolute atomic E-state index is 0.00701. The highest BCUT2D eigenvalue weighted by Gasteiger charge is 2.44. The van der Waals surface area contributed by atoms with Crippen LogP contribution in [-0.4, -0.2) is 45.3 Å². The Morgan fingerprint density at radius 3 is 2.29 bits per heavy atom. The standard InChI is InChI=1S/C12H21ClN5O3/c1-11(2)7-9(8-12(3,4)18(11)21)14-15-10(19)17(16-20)6-5-13/h5-8H2,1-4H3,(H,15,19). The molecule has 2 amide bonds. The lowest BCUT2D eigenvalue weighted by Gasteiger charge is -2.46. The fraction of sp³-hybridized carbons (Fsp3) is 0.833. The van der Waals surface area contributed by atoms with E-state index in [4.69, 9.17) is 11.6 Å². The van der Waals surface area contributed by atoms with Crippen molar-refractivity contribution in [3.63, 3.8) is 0 Å². The molecular formula is C12H21ClN5O3. The number of alkyl halides is 1. The molecule has 0 aromatic rings. The van der Waals surface area contributed by atoms with Crippen LogP contribution in [0.4, 0.5) is 4.79 Å². The molecule has 0 aromatic carbocycles. The molecule has 1 aliphatic rings. The van der Waals surface area contributed by atoms with Gasteiger partial charge in [0.25, 0.3) is 0 Å². The van der Waals surface area contributed by atoms with Crippen LogP contribution in [0.5, 0.6) is 0 Å². The molecule has 21 heavy (non-hydrogen) atoms. The lowest BCUT2D eigenvalue weighted by molar-refractivity contribution is -0.273. The maximum atomic E-state index is 12.2. The Morgan fingerprint density at radius 1 is 1.33 bits per heavy atom. The number of halogens is 1. The number of nitrogens with zero attached hydrogens (tertiary/aromatic N) is 4. The van der Waals surface area contributed by atoms with Crippen LogP contribution in [0.2, 0.25) is 0 Å². The summed E-state index contributed by atoms with van der Waals surface area (Å²) in [6.07, 6.45) is 0.870. The first-order valence-electron chi connectivity index (χ1n) is 6.64. The molecule has 0 aromatic heterocycles. The van der Waals surface area contributed by atoms with Crippen LogP contribution in [-0.2, 0) is 5.21 Å². The zero-order valence-corrected chi connectivity index (χ0v) is 13.5. The fourth-order valence-electron chi connectivity index (χ4n) is 2.55. The average Bonchev–Trinajstić information content (AvgIpc) is 2.38. The minimum atomic E-state index is -0.738. The SMILES string of the molecule is CC1(C)CC(=NNC(=O)N(CCCl)N=O)CC(C)(C)N1[O]. The Labute approximate surface area is 129 Å². The lowest BCUT2D eigenvalue weighted by atomic mass is 9.81. The highest BCUT2D eigenvalue weighted by Crippen LogP contribution is 2.35. The van der Waals surface area contributed by atoms with Crippen molar-refractivity contribution in [3.05, 3.63) is 4.91 Å². The van der Waals surface area contributed by atoms with Gasteiger partial charge < -0.3 is 0 Å². The van der Waals surface area contributed by atoms with Crippen LogP contribution in [0.1, 0.15) is 40.5 Å². The molecule has 0 saturated carbocycles. The molecule has 0 atom stereocenters. The van der Waals surface area contributed by atoms with E-state index in [1.54, 1.807) is 0 Å². The van der Waals surface area contributed by atoms with Gasteiger partial charge in [-0.1, -0.05) is 0 Å². The number of nitroso groups, excluding NO2 is 1. The summed E-state index contributed by atoms with van der Waals surface area (Å²) >= 11 is 5.46. The van der Waals surface area contributed by atoms with Gasteiger partial charge in [0.15, 0.2) is 0 Å². The van der Waals surface area contributed by atoms with Gasteiger partial charge in [-0.2, -0.15) is 10.1 Å². The van der Waals surface area contributed by atoms with Gasteiger partial charge in [-0.05, 0) is 27.7 Å². The third-order valence-electron chi connectivity index (χ3n) is 3.31. The van der Waals surface area contributed by atoms with E-state index in [-0.39, 0.29) is 12.4 Å².